The first-order chi connectivity index (χ1) is 13.0. The van der Waals surface area contributed by atoms with Gasteiger partial charge in [-0.2, -0.15) is 0 Å². The molecule has 2 aromatic rings. The Morgan fingerprint density at radius 1 is 1.00 bits per heavy atom. The normalized spacial score (nSPS) is 18.7. The van der Waals surface area contributed by atoms with Crippen LogP contribution in [0.1, 0.15) is 30.9 Å². The topological polar surface area (TPSA) is 78.5 Å². The molecule has 2 aromatic carbocycles. The van der Waals surface area contributed by atoms with Crippen LogP contribution in [0.3, 0.4) is 0 Å². The Balaban J connectivity index is 1.74. The minimum Gasteiger partial charge on any atom is -0.339 e. The average Bonchev–Trinajstić information content (AvgIpc) is 3.00. The molecule has 4 amide bonds. The second-order valence-corrected chi connectivity index (χ2v) is 6.57. The Morgan fingerprint density at radius 2 is 1.63 bits per heavy atom. The Morgan fingerprint density at radius 3 is 2.19 bits per heavy atom. The lowest BCUT2D eigenvalue weighted by molar-refractivity contribution is -0.132. The molecule has 1 saturated heterocycles. The van der Waals surface area contributed by atoms with Gasteiger partial charge in [-0.25, -0.2) is 4.79 Å². The monoisotopic (exact) mass is 365 g/mol. The van der Waals surface area contributed by atoms with Crippen molar-refractivity contribution in [3.63, 3.8) is 0 Å². The van der Waals surface area contributed by atoms with Gasteiger partial charge < -0.3 is 10.2 Å². The van der Waals surface area contributed by atoms with Crippen molar-refractivity contribution in [3.8, 4) is 0 Å². The third-order valence-electron chi connectivity index (χ3n) is 4.87. The number of amides is 4. The lowest BCUT2D eigenvalue weighted by atomic mass is 9.85. The van der Waals surface area contributed by atoms with E-state index in [0.717, 1.165) is 5.56 Å². The highest BCUT2D eigenvalue weighted by Gasteiger charge is 2.47. The van der Waals surface area contributed by atoms with Gasteiger partial charge in [0.15, 0.2) is 0 Å². The Kier molecular flexibility index (Phi) is 5.54. The van der Waals surface area contributed by atoms with E-state index >= 15 is 0 Å². The van der Waals surface area contributed by atoms with E-state index in [-0.39, 0.29) is 18.7 Å². The number of carbonyl (C=O) groups is 3. The van der Waals surface area contributed by atoms with Crippen LogP contribution in [0.2, 0.25) is 0 Å². The summed E-state index contributed by atoms with van der Waals surface area (Å²) in [6.07, 6.45) is 0.363. The van der Waals surface area contributed by atoms with Crippen LogP contribution in [-0.4, -0.2) is 29.3 Å². The third kappa shape index (κ3) is 4.00. The third-order valence-corrected chi connectivity index (χ3v) is 4.87. The predicted octanol–water partition coefficient (Wildman–Crippen LogP) is 2.55. The van der Waals surface area contributed by atoms with Crippen LogP contribution in [0.15, 0.2) is 60.7 Å². The van der Waals surface area contributed by atoms with Crippen LogP contribution in [-0.2, 0) is 21.7 Å². The maximum absolute atomic E-state index is 12.8. The smallest absolute Gasteiger partial charge is 0.322 e. The molecule has 1 heterocycles. The number of nitrogens with one attached hydrogen (secondary N) is 2. The molecule has 1 unspecified atom stereocenters. The summed E-state index contributed by atoms with van der Waals surface area (Å²) in [7, 11) is 0. The van der Waals surface area contributed by atoms with Crippen LogP contribution < -0.4 is 10.6 Å². The number of rotatable bonds is 7. The molecule has 2 N–H and O–H groups in total. The molecule has 1 atom stereocenters. The standard InChI is InChI=1S/C21H23N3O3/c1-2-24(15-16-9-5-3-6-10-16)18(25)13-14-21(17-11-7-4-8-12-17)19(26)22-20(27)23-21/h3-12H,2,13-15H2,1H3,(H2,22,23,26,27). The van der Waals surface area contributed by atoms with Gasteiger partial charge in [0.1, 0.15) is 5.54 Å². The lowest BCUT2D eigenvalue weighted by Crippen LogP contribution is -2.45. The fourth-order valence-corrected chi connectivity index (χ4v) is 3.37. The Hall–Kier alpha value is -3.15. The second-order valence-electron chi connectivity index (χ2n) is 6.57. The number of imide groups is 1. The largest absolute Gasteiger partial charge is 0.339 e. The van der Waals surface area contributed by atoms with Crippen molar-refractivity contribution in [2.45, 2.75) is 31.8 Å². The first-order valence-electron chi connectivity index (χ1n) is 9.06. The zero-order valence-electron chi connectivity index (χ0n) is 15.3. The lowest BCUT2D eigenvalue weighted by Gasteiger charge is -2.28. The van der Waals surface area contributed by atoms with E-state index < -0.39 is 17.5 Å². The van der Waals surface area contributed by atoms with Crippen molar-refractivity contribution in [3.05, 3.63) is 71.8 Å². The van der Waals surface area contributed by atoms with Crippen LogP contribution in [0, 0.1) is 0 Å². The van der Waals surface area contributed by atoms with E-state index in [1.165, 1.54) is 0 Å². The fraction of sp³-hybridized carbons (Fsp3) is 0.286. The molecule has 1 aliphatic heterocycles. The van der Waals surface area contributed by atoms with E-state index in [2.05, 4.69) is 10.6 Å². The van der Waals surface area contributed by atoms with Gasteiger partial charge in [0.2, 0.25) is 5.91 Å². The van der Waals surface area contributed by atoms with Gasteiger partial charge in [0.05, 0.1) is 0 Å². The molecular formula is C21H23N3O3. The van der Waals surface area contributed by atoms with Crippen molar-refractivity contribution >= 4 is 17.8 Å². The van der Waals surface area contributed by atoms with E-state index in [1.54, 1.807) is 17.0 Å². The SMILES string of the molecule is CCN(Cc1ccccc1)C(=O)CCC1(c2ccccc2)NC(=O)NC1=O. The maximum Gasteiger partial charge on any atom is 0.322 e. The second kappa shape index (κ2) is 8.03. The summed E-state index contributed by atoms with van der Waals surface area (Å²) in [5.41, 5.74) is 0.518. The number of urea groups is 1. The summed E-state index contributed by atoms with van der Waals surface area (Å²) in [5.74, 6) is -0.469. The first kappa shape index (κ1) is 18.6. The van der Waals surface area contributed by atoms with E-state index in [1.807, 2.05) is 55.5 Å². The molecule has 140 valence electrons. The van der Waals surface area contributed by atoms with Gasteiger partial charge in [-0.3, -0.25) is 14.9 Å². The van der Waals surface area contributed by atoms with Gasteiger partial charge in [0.25, 0.3) is 5.91 Å². The molecular weight excluding hydrogens is 342 g/mol. The summed E-state index contributed by atoms with van der Waals surface area (Å²) in [6, 6.07) is 18.3. The predicted molar refractivity (Wildman–Crippen MR) is 102 cm³/mol. The fourth-order valence-electron chi connectivity index (χ4n) is 3.37. The van der Waals surface area contributed by atoms with Gasteiger partial charge in [0, 0.05) is 19.5 Å². The van der Waals surface area contributed by atoms with E-state index in [4.69, 9.17) is 0 Å². The summed E-state index contributed by atoms with van der Waals surface area (Å²) in [6.45, 7) is 3.02. The highest BCUT2D eigenvalue weighted by molar-refractivity contribution is 6.07. The molecule has 6 heteroatoms. The summed E-state index contributed by atoms with van der Waals surface area (Å²) in [4.78, 5) is 38.8. The minimum atomic E-state index is -1.21. The molecule has 0 aromatic heterocycles. The number of hydrogen-bond acceptors (Lipinski definition) is 3. The molecule has 6 nitrogen and oxygen atoms in total. The van der Waals surface area contributed by atoms with Gasteiger partial charge in [-0.05, 0) is 24.5 Å². The van der Waals surface area contributed by atoms with Crippen molar-refractivity contribution in [1.29, 1.82) is 0 Å². The van der Waals surface area contributed by atoms with Crippen LogP contribution in [0.5, 0.6) is 0 Å². The Labute approximate surface area is 158 Å². The van der Waals surface area contributed by atoms with Crippen molar-refractivity contribution < 1.29 is 14.4 Å². The quantitative estimate of drug-likeness (QED) is 0.740. The van der Waals surface area contributed by atoms with Crippen molar-refractivity contribution in [2.75, 3.05) is 6.54 Å². The molecule has 0 radical (unpaired) electrons. The molecule has 1 fully saturated rings. The molecule has 27 heavy (non-hydrogen) atoms. The first-order valence-corrected chi connectivity index (χ1v) is 9.06. The zero-order chi connectivity index (χ0) is 19.3. The molecule has 0 aliphatic carbocycles. The molecule has 1 aliphatic rings. The molecule has 0 spiro atoms. The van der Waals surface area contributed by atoms with Crippen molar-refractivity contribution in [2.24, 2.45) is 0 Å². The number of benzene rings is 2. The summed E-state index contributed by atoms with van der Waals surface area (Å²) < 4.78 is 0. The number of carbonyl (C=O) groups excluding carboxylic acids is 3. The minimum absolute atomic E-state index is 0.0504. The van der Waals surface area contributed by atoms with Crippen molar-refractivity contribution in [1.82, 2.24) is 15.5 Å². The summed E-state index contributed by atoms with van der Waals surface area (Å²) >= 11 is 0. The zero-order valence-corrected chi connectivity index (χ0v) is 15.3. The van der Waals surface area contributed by atoms with Crippen LogP contribution >= 0.6 is 0 Å². The Bertz CT molecular complexity index is 823. The average molecular weight is 365 g/mol. The molecule has 0 bridgehead atoms. The molecule has 3 rings (SSSR count). The van der Waals surface area contributed by atoms with Gasteiger partial charge in [-0.15, -0.1) is 0 Å². The van der Waals surface area contributed by atoms with Gasteiger partial charge >= 0.3 is 6.03 Å². The summed E-state index contributed by atoms with van der Waals surface area (Å²) in [5, 5.41) is 5.02. The highest BCUT2D eigenvalue weighted by Crippen LogP contribution is 2.30. The van der Waals surface area contributed by atoms with Gasteiger partial charge in [-0.1, -0.05) is 60.7 Å². The number of hydrogen-bond donors (Lipinski definition) is 2. The van der Waals surface area contributed by atoms with E-state index in [0.29, 0.717) is 18.7 Å². The molecule has 0 saturated carbocycles. The maximum atomic E-state index is 12.8. The van der Waals surface area contributed by atoms with E-state index in [9.17, 15) is 14.4 Å². The van der Waals surface area contributed by atoms with Crippen LogP contribution in [0.25, 0.3) is 0 Å². The number of nitrogens with zero attached hydrogens (tertiary/aromatic N) is 1. The highest BCUT2D eigenvalue weighted by atomic mass is 16.2. The van der Waals surface area contributed by atoms with Crippen LogP contribution in [0.4, 0.5) is 4.79 Å².